The van der Waals surface area contributed by atoms with Crippen LogP contribution in [0.15, 0.2) is 46.4 Å². The number of aromatic nitrogens is 1. The number of piperazine rings is 1. The highest BCUT2D eigenvalue weighted by molar-refractivity contribution is 6.02. The highest BCUT2D eigenvalue weighted by Gasteiger charge is 2.27. The van der Waals surface area contributed by atoms with Gasteiger partial charge in [-0.2, -0.15) is 5.10 Å². The molecule has 1 saturated heterocycles. The molecule has 1 fully saturated rings. The molecule has 0 bridgehead atoms. The number of carboxylic acid groups (broad SMARTS) is 1. The predicted molar refractivity (Wildman–Crippen MR) is 127 cm³/mol. The fourth-order valence-corrected chi connectivity index (χ4v) is 4.36. The largest absolute Gasteiger partial charge is 0.477 e. The first-order chi connectivity index (χ1) is 16.7. The van der Waals surface area contributed by atoms with Crippen molar-refractivity contribution in [1.29, 1.82) is 0 Å². The second-order valence-electron chi connectivity index (χ2n) is 8.23. The number of hydrogen-bond donors (Lipinski definition) is 2. The van der Waals surface area contributed by atoms with Gasteiger partial charge in [-0.25, -0.2) is 18.0 Å². The number of aryl methyl sites for hydroxylation is 1. The van der Waals surface area contributed by atoms with E-state index in [9.17, 15) is 19.1 Å². The van der Waals surface area contributed by atoms with E-state index in [-0.39, 0.29) is 29.0 Å². The van der Waals surface area contributed by atoms with Crippen molar-refractivity contribution in [2.24, 2.45) is 10.9 Å². The Morgan fingerprint density at radius 2 is 1.77 bits per heavy atom. The molecule has 184 valence electrons. The van der Waals surface area contributed by atoms with Crippen molar-refractivity contribution in [2.45, 2.75) is 13.5 Å². The van der Waals surface area contributed by atoms with Crippen molar-refractivity contribution in [2.75, 3.05) is 37.6 Å². The minimum absolute atomic E-state index is 0.129. The van der Waals surface area contributed by atoms with Crippen LogP contribution in [0.2, 0.25) is 0 Å². The van der Waals surface area contributed by atoms with Gasteiger partial charge in [0.1, 0.15) is 22.9 Å². The molecule has 0 radical (unpaired) electrons. The van der Waals surface area contributed by atoms with Gasteiger partial charge in [-0.1, -0.05) is 12.1 Å². The van der Waals surface area contributed by atoms with E-state index in [0.717, 1.165) is 12.3 Å². The van der Waals surface area contributed by atoms with Gasteiger partial charge in [-0.15, -0.1) is 0 Å². The summed E-state index contributed by atoms with van der Waals surface area (Å²) in [5.74, 6) is 1.87. The van der Waals surface area contributed by atoms with E-state index < -0.39 is 28.6 Å². The maximum absolute atomic E-state index is 15.6. The Bertz CT molecular complexity index is 1360. The monoisotopic (exact) mass is 487 g/mol. The van der Waals surface area contributed by atoms with Crippen molar-refractivity contribution in [3.8, 4) is 0 Å². The zero-order chi connectivity index (χ0) is 25.3. The summed E-state index contributed by atoms with van der Waals surface area (Å²) in [4.78, 5) is 27.5. The zero-order valence-corrected chi connectivity index (χ0v) is 19.0. The second-order valence-corrected chi connectivity index (χ2v) is 8.23. The number of hydrazone groups is 1. The lowest BCUT2D eigenvalue weighted by Crippen LogP contribution is -2.48. The molecule has 11 heteroatoms. The van der Waals surface area contributed by atoms with Gasteiger partial charge in [0.2, 0.25) is 5.43 Å². The molecule has 35 heavy (non-hydrogen) atoms. The lowest BCUT2D eigenvalue weighted by molar-refractivity contribution is 0.0694. The van der Waals surface area contributed by atoms with Crippen LogP contribution in [-0.2, 0) is 6.54 Å². The van der Waals surface area contributed by atoms with E-state index in [4.69, 9.17) is 5.84 Å². The van der Waals surface area contributed by atoms with Gasteiger partial charge in [0.05, 0.1) is 16.6 Å². The highest BCUT2D eigenvalue weighted by atomic mass is 19.1. The molecule has 2 aromatic carbocycles. The number of nitrogens with two attached hydrogens (primary N) is 1. The molecule has 0 atom stereocenters. The normalized spacial score (nSPS) is 15.1. The lowest BCUT2D eigenvalue weighted by atomic mass is 10.1. The third kappa shape index (κ3) is 4.59. The molecule has 3 N–H and O–H groups in total. The van der Waals surface area contributed by atoms with Crippen molar-refractivity contribution in [3.63, 3.8) is 0 Å². The van der Waals surface area contributed by atoms with Gasteiger partial charge in [0, 0.05) is 45.5 Å². The summed E-state index contributed by atoms with van der Waals surface area (Å²) in [5.41, 5.74) is -0.619. The first kappa shape index (κ1) is 24.3. The van der Waals surface area contributed by atoms with Gasteiger partial charge in [0.15, 0.2) is 5.82 Å². The second kappa shape index (κ2) is 9.79. The minimum Gasteiger partial charge on any atom is -0.477 e. The van der Waals surface area contributed by atoms with Crippen LogP contribution < -0.4 is 16.2 Å². The van der Waals surface area contributed by atoms with E-state index in [2.05, 4.69) is 5.10 Å². The maximum Gasteiger partial charge on any atom is 0.341 e. The molecule has 0 amide bonds. The van der Waals surface area contributed by atoms with Gasteiger partial charge < -0.3 is 20.4 Å². The Kier molecular flexibility index (Phi) is 6.79. The third-order valence-electron chi connectivity index (χ3n) is 6.20. The standard InChI is InChI=1S/C24H24F3N5O3/c1-2-31-12-17(24(34)35)23(33)16-11-18(26)22(20(27)21(16)31)32-9-7-30(8-10-32)13-19(29-28)14-3-5-15(25)6-4-14/h3-6,11-12H,2,7-10,13,28H2,1H3,(H,34,35)/b29-19-. The van der Waals surface area contributed by atoms with Crippen LogP contribution in [0.3, 0.4) is 0 Å². The molecule has 3 aromatic rings. The molecule has 1 aliphatic rings. The Hall–Kier alpha value is -3.86. The van der Waals surface area contributed by atoms with Crippen molar-refractivity contribution in [3.05, 3.63) is 75.3 Å². The summed E-state index contributed by atoms with van der Waals surface area (Å²) in [6.07, 6.45) is 1.08. The highest BCUT2D eigenvalue weighted by Crippen LogP contribution is 2.31. The number of nitrogens with zero attached hydrogens (tertiary/aromatic N) is 4. The van der Waals surface area contributed by atoms with E-state index in [1.165, 1.54) is 16.7 Å². The molecule has 2 heterocycles. The summed E-state index contributed by atoms with van der Waals surface area (Å²) in [7, 11) is 0. The predicted octanol–water partition coefficient (Wildman–Crippen LogP) is 2.62. The molecular formula is C24H24F3N5O3. The smallest absolute Gasteiger partial charge is 0.341 e. The number of carboxylic acids is 1. The minimum atomic E-state index is -1.46. The molecule has 1 aromatic heterocycles. The molecule has 4 rings (SSSR count). The number of rotatable bonds is 6. The topological polar surface area (TPSA) is 104 Å². The number of halogens is 3. The summed E-state index contributed by atoms with van der Waals surface area (Å²) in [5, 5.41) is 12.8. The number of aromatic carboxylic acids is 1. The zero-order valence-electron chi connectivity index (χ0n) is 19.0. The summed E-state index contributed by atoms with van der Waals surface area (Å²) in [6, 6.07) is 6.72. The van der Waals surface area contributed by atoms with Crippen molar-refractivity contribution < 1.29 is 23.1 Å². The molecule has 0 saturated carbocycles. The fraction of sp³-hybridized carbons (Fsp3) is 0.292. The van der Waals surface area contributed by atoms with E-state index >= 15 is 8.78 Å². The number of benzene rings is 2. The summed E-state index contributed by atoms with van der Waals surface area (Å²) >= 11 is 0. The van der Waals surface area contributed by atoms with Gasteiger partial charge >= 0.3 is 5.97 Å². The quantitative estimate of drug-likeness (QED) is 0.315. The third-order valence-corrected chi connectivity index (χ3v) is 6.20. The number of anilines is 1. The molecule has 0 spiro atoms. The summed E-state index contributed by atoms with van der Waals surface area (Å²) < 4.78 is 45.2. The molecular weight excluding hydrogens is 463 g/mol. The van der Waals surface area contributed by atoms with E-state index in [0.29, 0.717) is 44.0 Å². The average Bonchev–Trinajstić information content (AvgIpc) is 2.84. The van der Waals surface area contributed by atoms with Crippen LogP contribution >= 0.6 is 0 Å². The molecule has 8 nitrogen and oxygen atoms in total. The van der Waals surface area contributed by atoms with Crippen LogP contribution in [0.4, 0.5) is 18.9 Å². The fourth-order valence-electron chi connectivity index (χ4n) is 4.36. The molecule has 0 unspecified atom stereocenters. The van der Waals surface area contributed by atoms with Gasteiger partial charge in [-0.05, 0) is 30.7 Å². The first-order valence-corrected chi connectivity index (χ1v) is 11.0. The van der Waals surface area contributed by atoms with Crippen LogP contribution in [0.5, 0.6) is 0 Å². The summed E-state index contributed by atoms with van der Waals surface area (Å²) in [6.45, 7) is 3.75. The number of pyridine rings is 1. The Morgan fingerprint density at radius 3 is 2.34 bits per heavy atom. The van der Waals surface area contributed by atoms with E-state index in [1.54, 1.807) is 24.0 Å². The average molecular weight is 487 g/mol. The SMILES string of the molecule is CCn1cc(C(=O)O)c(=O)c2cc(F)c(N3CCN(C/C(=N/N)c4ccc(F)cc4)CC3)c(F)c21. The van der Waals surface area contributed by atoms with Gasteiger partial charge in [-0.3, -0.25) is 9.69 Å². The Balaban J connectivity index is 1.59. The van der Waals surface area contributed by atoms with Crippen LogP contribution in [0, 0.1) is 17.5 Å². The van der Waals surface area contributed by atoms with Crippen LogP contribution in [-0.4, -0.2) is 59.0 Å². The van der Waals surface area contributed by atoms with Crippen molar-refractivity contribution in [1.82, 2.24) is 9.47 Å². The Morgan fingerprint density at radius 1 is 1.11 bits per heavy atom. The first-order valence-electron chi connectivity index (χ1n) is 11.0. The van der Waals surface area contributed by atoms with Crippen LogP contribution in [0.25, 0.3) is 10.9 Å². The van der Waals surface area contributed by atoms with Crippen LogP contribution in [0.1, 0.15) is 22.8 Å². The van der Waals surface area contributed by atoms with Crippen molar-refractivity contribution >= 4 is 28.3 Å². The van der Waals surface area contributed by atoms with Gasteiger partial charge in [0.25, 0.3) is 0 Å². The molecule has 0 aliphatic carbocycles. The molecule has 1 aliphatic heterocycles. The lowest BCUT2D eigenvalue weighted by Gasteiger charge is -2.36. The number of fused-ring (bicyclic) bond motifs is 1. The van der Waals surface area contributed by atoms with E-state index in [1.807, 2.05) is 4.90 Å². The maximum atomic E-state index is 15.6. The number of hydrogen-bond acceptors (Lipinski definition) is 6. The Labute approximate surface area is 198 Å². The number of carbonyl (C=O) groups is 1.